The number of carbonyl (C=O) groups is 3. The van der Waals surface area contributed by atoms with Gasteiger partial charge < -0.3 is 19.8 Å². The van der Waals surface area contributed by atoms with E-state index >= 15 is 0 Å². The van der Waals surface area contributed by atoms with Gasteiger partial charge in [-0.25, -0.2) is 0 Å². The fourth-order valence-corrected chi connectivity index (χ4v) is 10.0. The lowest BCUT2D eigenvalue weighted by atomic mass is 9.70. The van der Waals surface area contributed by atoms with E-state index in [4.69, 9.17) is 0 Å². The molecule has 0 aromatic heterocycles. The average Bonchev–Trinajstić information content (AvgIpc) is 3.64. The van der Waals surface area contributed by atoms with Gasteiger partial charge in [-0.1, -0.05) is 74.5 Å². The Labute approximate surface area is 266 Å². The van der Waals surface area contributed by atoms with Crippen molar-refractivity contribution in [2.75, 3.05) is 24.6 Å². The van der Waals surface area contributed by atoms with Gasteiger partial charge in [0.1, 0.15) is 6.04 Å². The highest BCUT2D eigenvalue weighted by molar-refractivity contribution is 8.02. The summed E-state index contributed by atoms with van der Waals surface area (Å²) >= 11 is 1.66. The summed E-state index contributed by atoms with van der Waals surface area (Å²) in [6.07, 6.45) is 4.87. The zero-order valence-electron chi connectivity index (χ0n) is 26.3. The molecule has 44 heavy (non-hydrogen) atoms. The number of aliphatic hydroxyl groups is 1. The van der Waals surface area contributed by atoms with Crippen LogP contribution in [0, 0.1) is 31.6 Å². The summed E-state index contributed by atoms with van der Waals surface area (Å²) in [7, 11) is 0. The third kappa shape index (κ3) is 5.30. The summed E-state index contributed by atoms with van der Waals surface area (Å²) in [4.78, 5) is 49.4. The fourth-order valence-electron chi connectivity index (χ4n) is 7.83. The standard InChI is InChI=1S/C36H45N3O4S/c1-7-19-37(21-26-15-10-9-11-16-26)33(41)29-28-17-18-36(44-28)30(29)34(42)39(27(22-40)23(3)4)32(36)35(43)38(20-8-2)31-24(5)13-12-14-25(31)6/h7-16,23,27-30,32,40H,1-2,17-22H2,3-6H3/t27-,28+,29-,30-,32?,36?/m0/s1. The van der Waals surface area contributed by atoms with Gasteiger partial charge in [-0.2, -0.15) is 0 Å². The number of likely N-dealkylation sites (tertiary alicyclic amines) is 1. The molecule has 3 amide bonds. The van der Waals surface area contributed by atoms with Crippen molar-refractivity contribution in [1.29, 1.82) is 0 Å². The second kappa shape index (κ2) is 12.9. The molecule has 3 heterocycles. The molecule has 8 heteroatoms. The van der Waals surface area contributed by atoms with Crippen molar-refractivity contribution in [1.82, 2.24) is 9.80 Å². The van der Waals surface area contributed by atoms with Gasteiger partial charge in [-0.3, -0.25) is 14.4 Å². The number of rotatable bonds is 12. The minimum Gasteiger partial charge on any atom is -0.394 e. The second-order valence-electron chi connectivity index (χ2n) is 12.8. The van der Waals surface area contributed by atoms with Crippen molar-refractivity contribution >= 4 is 35.2 Å². The van der Waals surface area contributed by atoms with Gasteiger partial charge in [0.2, 0.25) is 11.8 Å². The normalized spacial score (nSPS) is 26.0. The maximum Gasteiger partial charge on any atom is 0.251 e. The number of fused-ring (bicyclic) bond motifs is 1. The van der Waals surface area contributed by atoms with Crippen LogP contribution in [-0.2, 0) is 20.9 Å². The fraction of sp³-hybridized carbons (Fsp3) is 0.472. The van der Waals surface area contributed by atoms with Crippen molar-refractivity contribution in [3.8, 4) is 0 Å². The molecule has 0 saturated carbocycles. The van der Waals surface area contributed by atoms with Gasteiger partial charge in [0.05, 0.1) is 29.2 Å². The van der Waals surface area contributed by atoms with E-state index in [1.54, 1.807) is 38.6 Å². The topological polar surface area (TPSA) is 81.2 Å². The van der Waals surface area contributed by atoms with Crippen molar-refractivity contribution in [3.05, 3.63) is 90.5 Å². The first-order valence-corrected chi connectivity index (χ1v) is 16.5. The molecule has 2 aromatic rings. The van der Waals surface area contributed by atoms with Crippen LogP contribution in [0.1, 0.15) is 43.4 Å². The zero-order chi connectivity index (χ0) is 31.8. The molecule has 5 rings (SSSR count). The van der Waals surface area contributed by atoms with Gasteiger partial charge in [-0.15, -0.1) is 24.9 Å². The zero-order valence-corrected chi connectivity index (χ0v) is 27.1. The molecule has 3 aliphatic rings. The van der Waals surface area contributed by atoms with Gasteiger partial charge in [-0.05, 0) is 49.3 Å². The van der Waals surface area contributed by atoms with Crippen LogP contribution in [0.2, 0.25) is 0 Å². The van der Waals surface area contributed by atoms with Crippen molar-refractivity contribution < 1.29 is 19.5 Å². The minimum atomic E-state index is -0.812. The number of benzene rings is 2. The number of anilines is 1. The van der Waals surface area contributed by atoms with Crippen LogP contribution >= 0.6 is 11.8 Å². The summed E-state index contributed by atoms with van der Waals surface area (Å²) in [6, 6.07) is 14.4. The van der Waals surface area contributed by atoms with E-state index in [0.717, 1.165) is 28.8 Å². The molecule has 234 valence electrons. The molecular formula is C36H45N3O4S. The van der Waals surface area contributed by atoms with E-state index < -0.39 is 28.7 Å². The number of thioether (sulfide) groups is 1. The van der Waals surface area contributed by atoms with E-state index in [9.17, 15) is 19.5 Å². The summed E-state index contributed by atoms with van der Waals surface area (Å²) in [5.41, 5.74) is 3.75. The van der Waals surface area contributed by atoms with Crippen LogP contribution in [0.15, 0.2) is 73.8 Å². The number of aryl methyl sites for hydroxylation is 2. The van der Waals surface area contributed by atoms with Crippen molar-refractivity contribution in [2.24, 2.45) is 17.8 Å². The lowest BCUT2D eigenvalue weighted by molar-refractivity contribution is -0.146. The van der Waals surface area contributed by atoms with E-state index in [0.29, 0.717) is 19.5 Å². The van der Waals surface area contributed by atoms with Crippen molar-refractivity contribution in [3.63, 3.8) is 0 Å². The van der Waals surface area contributed by atoms with Crippen LogP contribution in [-0.4, -0.2) is 74.4 Å². The predicted molar refractivity (Wildman–Crippen MR) is 177 cm³/mol. The highest BCUT2D eigenvalue weighted by atomic mass is 32.2. The molecule has 3 saturated heterocycles. The van der Waals surface area contributed by atoms with Crippen LogP contribution in [0.25, 0.3) is 0 Å². The number of hydrogen-bond acceptors (Lipinski definition) is 5. The summed E-state index contributed by atoms with van der Waals surface area (Å²) in [5.74, 6) is -1.72. The highest BCUT2D eigenvalue weighted by Crippen LogP contribution is 2.67. The van der Waals surface area contributed by atoms with Crippen LogP contribution in [0.3, 0.4) is 0 Å². The molecule has 1 N–H and O–H groups in total. The van der Waals surface area contributed by atoms with Crippen molar-refractivity contribution in [2.45, 2.75) is 69.2 Å². The Bertz CT molecular complexity index is 1410. The molecule has 1 spiro atoms. The molecule has 3 fully saturated rings. The Morgan fingerprint density at radius 2 is 1.70 bits per heavy atom. The summed E-state index contributed by atoms with van der Waals surface area (Å²) in [5, 5.41) is 10.6. The third-order valence-corrected chi connectivity index (χ3v) is 11.7. The van der Waals surface area contributed by atoms with E-state index in [1.165, 1.54) is 0 Å². The molecule has 2 aromatic carbocycles. The molecular weight excluding hydrogens is 570 g/mol. The molecule has 0 radical (unpaired) electrons. The third-order valence-electron chi connectivity index (χ3n) is 9.74. The van der Waals surface area contributed by atoms with Gasteiger partial charge in [0.25, 0.3) is 5.91 Å². The Kier molecular flexibility index (Phi) is 9.42. The molecule has 0 aliphatic carbocycles. The Morgan fingerprint density at radius 1 is 1.05 bits per heavy atom. The maximum atomic E-state index is 15.0. The number of hydrogen-bond donors (Lipinski definition) is 1. The van der Waals surface area contributed by atoms with Crippen LogP contribution in [0.5, 0.6) is 0 Å². The molecule has 2 unspecified atom stereocenters. The largest absolute Gasteiger partial charge is 0.394 e. The Hall–Kier alpha value is -3.36. The van der Waals surface area contributed by atoms with E-state index in [1.807, 2.05) is 76.2 Å². The second-order valence-corrected chi connectivity index (χ2v) is 14.4. The summed E-state index contributed by atoms with van der Waals surface area (Å²) < 4.78 is -0.760. The minimum absolute atomic E-state index is 0.0586. The Morgan fingerprint density at radius 3 is 2.30 bits per heavy atom. The first-order chi connectivity index (χ1) is 21.1. The number of nitrogens with zero attached hydrogens (tertiary/aromatic N) is 3. The molecule has 2 bridgehead atoms. The Balaban J connectivity index is 1.59. The SMILES string of the molecule is C=CCN(Cc1ccccc1)C(=O)[C@@H]1[C@H]2C(=O)N([C@@H](CO)C(C)C)C(C(=O)N(CC=C)c3c(C)cccc3C)C23CC[C@H]1S3. The lowest BCUT2D eigenvalue weighted by Crippen LogP contribution is -2.58. The smallest absolute Gasteiger partial charge is 0.251 e. The van der Waals surface area contributed by atoms with Gasteiger partial charge in [0.15, 0.2) is 0 Å². The molecule has 3 aliphatic heterocycles. The highest BCUT2D eigenvalue weighted by Gasteiger charge is 2.74. The lowest BCUT2D eigenvalue weighted by Gasteiger charge is -2.41. The van der Waals surface area contributed by atoms with Crippen LogP contribution < -0.4 is 4.90 Å². The van der Waals surface area contributed by atoms with Gasteiger partial charge >= 0.3 is 0 Å². The van der Waals surface area contributed by atoms with Crippen LogP contribution in [0.4, 0.5) is 5.69 Å². The monoisotopic (exact) mass is 615 g/mol. The maximum absolute atomic E-state index is 15.0. The quantitative estimate of drug-likeness (QED) is 0.335. The summed E-state index contributed by atoms with van der Waals surface area (Å²) in [6.45, 7) is 16.6. The number of para-hydroxylation sites is 1. The average molecular weight is 616 g/mol. The van der Waals surface area contributed by atoms with Gasteiger partial charge in [0, 0.05) is 30.6 Å². The number of aliphatic hydroxyl groups excluding tert-OH is 1. The predicted octanol–water partition coefficient (Wildman–Crippen LogP) is 5.15. The van der Waals surface area contributed by atoms with E-state index in [-0.39, 0.29) is 42.0 Å². The first-order valence-electron chi connectivity index (χ1n) is 15.6. The first kappa shape index (κ1) is 32.0. The number of carbonyl (C=O) groups excluding carboxylic acids is 3. The molecule has 7 nitrogen and oxygen atoms in total. The molecule has 6 atom stereocenters. The van der Waals surface area contributed by atoms with E-state index in [2.05, 4.69) is 13.2 Å². The number of amides is 3.